The average molecular weight is 236 g/mol. The highest BCUT2D eigenvalue weighted by molar-refractivity contribution is 7.99. The molecule has 0 radical (unpaired) electrons. The van der Waals surface area contributed by atoms with Crippen molar-refractivity contribution in [3.05, 3.63) is 48.0 Å². The second-order valence-corrected chi connectivity index (χ2v) is 4.61. The third-order valence-corrected chi connectivity index (χ3v) is 3.00. The quantitative estimate of drug-likeness (QED) is 0.580. The molecule has 0 aliphatic carbocycles. The predicted octanol–water partition coefficient (Wildman–Crippen LogP) is 3.04. The Kier molecular flexibility index (Phi) is 5.72. The summed E-state index contributed by atoms with van der Waals surface area (Å²) < 4.78 is 5.09. The molecule has 16 heavy (non-hydrogen) atoms. The summed E-state index contributed by atoms with van der Waals surface area (Å²) in [5, 5.41) is 0.337. The minimum Gasteiger partial charge on any atom is -0.458 e. The van der Waals surface area contributed by atoms with E-state index in [0.29, 0.717) is 11.9 Å². The highest BCUT2D eigenvalue weighted by atomic mass is 32.2. The van der Waals surface area contributed by atoms with E-state index in [1.807, 2.05) is 49.6 Å². The summed E-state index contributed by atoms with van der Waals surface area (Å²) in [4.78, 5) is 11.3. The van der Waals surface area contributed by atoms with E-state index in [-0.39, 0.29) is 5.97 Å². The fourth-order valence-corrected chi connectivity index (χ4v) is 1.31. The van der Waals surface area contributed by atoms with Gasteiger partial charge in [-0.1, -0.05) is 36.4 Å². The Hall–Kier alpha value is -1.22. The molecule has 86 valence electrons. The fourth-order valence-electron chi connectivity index (χ4n) is 1.07. The van der Waals surface area contributed by atoms with Crippen molar-refractivity contribution in [2.75, 3.05) is 6.26 Å². The van der Waals surface area contributed by atoms with Crippen LogP contribution < -0.4 is 0 Å². The molecule has 0 amide bonds. The first-order chi connectivity index (χ1) is 7.72. The van der Waals surface area contributed by atoms with E-state index in [1.165, 1.54) is 6.08 Å². The third-order valence-electron chi connectivity index (χ3n) is 2.10. The minimum absolute atomic E-state index is 0.287. The molecule has 3 heteroatoms. The molecule has 2 nitrogen and oxygen atoms in total. The standard InChI is InChI=1S/C13H16O2S/c1-11(16-2)8-9-13(14)15-10-12-6-4-3-5-7-12/h3-9,11H,10H2,1-2H3/b9-8+. The summed E-state index contributed by atoms with van der Waals surface area (Å²) in [5.74, 6) is -0.287. The maximum Gasteiger partial charge on any atom is 0.330 e. The third kappa shape index (κ3) is 5.03. The van der Waals surface area contributed by atoms with Gasteiger partial charge in [-0.2, -0.15) is 11.8 Å². The van der Waals surface area contributed by atoms with Crippen molar-refractivity contribution in [2.45, 2.75) is 18.8 Å². The van der Waals surface area contributed by atoms with Crippen LogP contribution in [-0.2, 0) is 16.1 Å². The molecule has 0 N–H and O–H groups in total. The zero-order chi connectivity index (χ0) is 11.8. The Labute approximate surface area is 101 Å². The number of carbonyl (C=O) groups excluding carboxylic acids is 1. The zero-order valence-electron chi connectivity index (χ0n) is 9.55. The van der Waals surface area contributed by atoms with Gasteiger partial charge in [0.25, 0.3) is 0 Å². The Bertz CT molecular complexity index is 346. The molecule has 1 aromatic rings. The van der Waals surface area contributed by atoms with E-state index in [4.69, 9.17) is 4.74 Å². The molecule has 0 bridgehead atoms. The summed E-state index contributed by atoms with van der Waals surface area (Å²) in [7, 11) is 0. The lowest BCUT2D eigenvalue weighted by Crippen LogP contribution is -2.01. The molecule has 0 saturated carbocycles. The summed E-state index contributed by atoms with van der Waals surface area (Å²) in [5.41, 5.74) is 1.00. The van der Waals surface area contributed by atoms with Gasteiger partial charge in [0.15, 0.2) is 0 Å². The van der Waals surface area contributed by atoms with Gasteiger partial charge in [-0.15, -0.1) is 0 Å². The number of ether oxygens (including phenoxy) is 1. The van der Waals surface area contributed by atoms with Gasteiger partial charge in [-0.05, 0) is 18.7 Å². The van der Waals surface area contributed by atoms with Gasteiger partial charge in [-0.3, -0.25) is 0 Å². The highest BCUT2D eigenvalue weighted by Crippen LogP contribution is 2.06. The number of rotatable bonds is 5. The van der Waals surface area contributed by atoms with Gasteiger partial charge in [0, 0.05) is 11.3 Å². The van der Waals surface area contributed by atoms with Crippen LogP contribution in [0, 0.1) is 0 Å². The Balaban J connectivity index is 2.33. The molecule has 0 heterocycles. The van der Waals surface area contributed by atoms with Crippen LogP contribution in [-0.4, -0.2) is 17.5 Å². The number of hydrogen-bond donors (Lipinski definition) is 0. The molecule has 0 saturated heterocycles. The van der Waals surface area contributed by atoms with E-state index in [9.17, 15) is 4.79 Å². The van der Waals surface area contributed by atoms with Crippen LogP contribution in [0.15, 0.2) is 42.5 Å². The number of thioether (sulfide) groups is 1. The van der Waals surface area contributed by atoms with Crippen molar-refractivity contribution < 1.29 is 9.53 Å². The summed E-state index contributed by atoms with van der Waals surface area (Å²) in [6.45, 7) is 2.36. The van der Waals surface area contributed by atoms with Gasteiger partial charge in [0.2, 0.25) is 0 Å². The molecule has 1 rings (SSSR count). The molecule has 0 aliphatic heterocycles. The van der Waals surface area contributed by atoms with E-state index in [2.05, 4.69) is 0 Å². The predicted molar refractivity (Wildman–Crippen MR) is 68.4 cm³/mol. The molecule has 1 atom stereocenters. The smallest absolute Gasteiger partial charge is 0.330 e. The number of carbonyl (C=O) groups is 1. The van der Waals surface area contributed by atoms with Crippen LogP contribution in [0.3, 0.4) is 0 Å². The van der Waals surface area contributed by atoms with Crippen LogP contribution in [0.1, 0.15) is 12.5 Å². The summed E-state index contributed by atoms with van der Waals surface area (Å²) >= 11 is 1.69. The van der Waals surface area contributed by atoms with Crippen molar-refractivity contribution >= 4 is 17.7 Å². The highest BCUT2D eigenvalue weighted by Gasteiger charge is 1.99. The molecule has 0 spiro atoms. The average Bonchev–Trinajstić information content (AvgIpc) is 2.34. The van der Waals surface area contributed by atoms with E-state index >= 15 is 0 Å². The van der Waals surface area contributed by atoms with Gasteiger partial charge in [-0.25, -0.2) is 4.79 Å². The number of esters is 1. The Morgan fingerprint density at radius 1 is 1.44 bits per heavy atom. The second kappa shape index (κ2) is 7.12. The number of benzene rings is 1. The SMILES string of the molecule is CSC(C)/C=C/C(=O)OCc1ccccc1. The first kappa shape index (κ1) is 12.8. The minimum atomic E-state index is -0.287. The first-order valence-electron chi connectivity index (χ1n) is 5.14. The van der Waals surface area contributed by atoms with Crippen LogP contribution in [0.4, 0.5) is 0 Å². The maximum atomic E-state index is 11.3. The molecule has 0 fully saturated rings. The van der Waals surface area contributed by atoms with Gasteiger partial charge in [0.05, 0.1) is 0 Å². The lowest BCUT2D eigenvalue weighted by molar-refractivity contribution is -0.139. The van der Waals surface area contributed by atoms with Gasteiger partial charge >= 0.3 is 5.97 Å². The largest absolute Gasteiger partial charge is 0.458 e. The van der Waals surface area contributed by atoms with Crippen molar-refractivity contribution in [1.29, 1.82) is 0 Å². The molecule has 0 aromatic heterocycles. The number of hydrogen-bond acceptors (Lipinski definition) is 3. The zero-order valence-corrected chi connectivity index (χ0v) is 10.4. The summed E-state index contributed by atoms with van der Waals surface area (Å²) in [6, 6.07) is 9.65. The molecule has 1 aromatic carbocycles. The lowest BCUT2D eigenvalue weighted by atomic mass is 10.2. The first-order valence-corrected chi connectivity index (χ1v) is 6.43. The Morgan fingerprint density at radius 3 is 2.75 bits per heavy atom. The van der Waals surface area contributed by atoms with Crippen molar-refractivity contribution in [2.24, 2.45) is 0 Å². The van der Waals surface area contributed by atoms with Crippen molar-refractivity contribution in [3.8, 4) is 0 Å². The molecule has 1 unspecified atom stereocenters. The lowest BCUT2D eigenvalue weighted by Gasteiger charge is -2.02. The van der Waals surface area contributed by atoms with Crippen LogP contribution >= 0.6 is 11.8 Å². The van der Waals surface area contributed by atoms with Crippen LogP contribution in [0.25, 0.3) is 0 Å². The van der Waals surface area contributed by atoms with Gasteiger partial charge in [0.1, 0.15) is 6.61 Å². The molecular weight excluding hydrogens is 220 g/mol. The maximum absolute atomic E-state index is 11.3. The monoisotopic (exact) mass is 236 g/mol. The van der Waals surface area contributed by atoms with Crippen molar-refractivity contribution in [3.63, 3.8) is 0 Å². The van der Waals surface area contributed by atoms with Crippen LogP contribution in [0.2, 0.25) is 0 Å². The topological polar surface area (TPSA) is 26.3 Å². The normalized spacial score (nSPS) is 12.6. The van der Waals surface area contributed by atoms with E-state index in [0.717, 1.165) is 5.56 Å². The summed E-state index contributed by atoms with van der Waals surface area (Å²) in [6.07, 6.45) is 5.34. The van der Waals surface area contributed by atoms with E-state index < -0.39 is 0 Å². The Morgan fingerprint density at radius 2 is 2.12 bits per heavy atom. The fraction of sp³-hybridized carbons (Fsp3) is 0.308. The van der Waals surface area contributed by atoms with Gasteiger partial charge < -0.3 is 4.74 Å². The molecule has 0 aliphatic rings. The van der Waals surface area contributed by atoms with Crippen LogP contribution in [0.5, 0.6) is 0 Å². The van der Waals surface area contributed by atoms with E-state index in [1.54, 1.807) is 11.8 Å². The van der Waals surface area contributed by atoms with Crippen molar-refractivity contribution in [1.82, 2.24) is 0 Å². The second-order valence-electron chi connectivity index (χ2n) is 3.39. The molecular formula is C13H16O2S.